The molecule has 0 aliphatic carbocycles. The van der Waals surface area contributed by atoms with Crippen molar-refractivity contribution in [1.82, 2.24) is 5.32 Å². The third-order valence-electron chi connectivity index (χ3n) is 4.49. The van der Waals surface area contributed by atoms with Gasteiger partial charge in [0.05, 0.1) is 16.1 Å². The van der Waals surface area contributed by atoms with Gasteiger partial charge in [-0.25, -0.2) is 8.42 Å². The predicted octanol–water partition coefficient (Wildman–Crippen LogP) is 4.99. The average Bonchev–Trinajstić information content (AvgIpc) is 2.71. The van der Waals surface area contributed by atoms with E-state index >= 15 is 0 Å². The van der Waals surface area contributed by atoms with Crippen molar-refractivity contribution >= 4 is 60.6 Å². The summed E-state index contributed by atoms with van der Waals surface area (Å²) in [4.78, 5) is 12.4. The van der Waals surface area contributed by atoms with E-state index in [2.05, 4.69) is 31.3 Å². The summed E-state index contributed by atoms with van der Waals surface area (Å²) < 4.78 is 28.8. The highest BCUT2D eigenvalue weighted by Crippen LogP contribution is 2.24. The SMILES string of the molecule is Cc1cccc(C)c1NS(=O)(=O)c1ccc(NC(=S)NC(=O)c2ccccc2Br)cc1. The molecule has 0 spiro atoms. The molecule has 9 heteroatoms. The molecule has 0 atom stereocenters. The molecular weight excluding hydrogens is 498 g/mol. The van der Waals surface area contributed by atoms with Crippen molar-refractivity contribution in [3.63, 3.8) is 0 Å². The van der Waals surface area contributed by atoms with Gasteiger partial charge < -0.3 is 5.32 Å². The number of carbonyl (C=O) groups is 1. The number of halogens is 1. The quantitative estimate of drug-likeness (QED) is 0.414. The fraction of sp³-hybridized carbons (Fsp3) is 0.0909. The molecule has 0 aliphatic heterocycles. The lowest BCUT2D eigenvalue weighted by atomic mass is 10.1. The fourth-order valence-electron chi connectivity index (χ4n) is 2.86. The lowest BCUT2D eigenvalue weighted by Gasteiger charge is -2.14. The molecule has 0 bridgehead atoms. The van der Waals surface area contributed by atoms with E-state index in [9.17, 15) is 13.2 Å². The van der Waals surface area contributed by atoms with E-state index in [-0.39, 0.29) is 15.9 Å². The number of para-hydroxylation sites is 1. The van der Waals surface area contributed by atoms with Crippen LogP contribution in [0.1, 0.15) is 21.5 Å². The van der Waals surface area contributed by atoms with E-state index < -0.39 is 10.0 Å². The Hall–Kier alpha value is -2.75. The van der Waals surface area contributed by atoms with Crippen molar-refractivity contribution in [3.8, 4) is 0 Å². The second kappa shape index (κ2) is 9.59. The maximum atomic E-state index is 12.8. The Labute approximate surface area is 195 Å². The molecule has 3 aromatic rings. The molecule has 0 aromatic heterocycles. The number of sulfonamides is 1. The number of nitrogens with one attached hydrogen (secondary N) is 3. The molecule has 0 aliphatic rings. The summed E-state index contributed by atoms with van der Waals surface area (Å²) in [7, 11) is -3.75. The molecule has 1 amide bonds. The highest BCUT2D eigenvalue weighted by molar-refractivity contribution is 9.10. The topological polar surface area (TPSA) is 87.3 Å². The van der Waals surface area contributed by atoms with Gasteiger partial charge in [-0.1, -0.05) is 30.3 Å². The molecule has 31 heavy (non-hydrogen) atoms. The van der Waals surface area contributed by atoms with E-state index in [0.29, 0.717) is 21.4 Å². The number of carbonyl (C=O) groups excluding carboxylic acids is 1. The number of aryl methyl sites for hydroxylation is 2. The minimum absolute atomic E-state index is 0.102. The van der Waals surface area contributed by atoms with Gasteiger partial charge in [-0.2, -0.15) is 0 Å². The van der Waals surface area contributed by atoms with Crippen LogP contribution in [0.25, 0.3) is 0 Å². The third kappa shape index (κ3) is 5.69. The van der Waals surface area contributed by atoms with Gasteiger partial charge in [-0.15, -0.1) is 0 Å². The van der Waals surface area contributed by atoms with Gasteiger partial charge in [0.1, 0.15) is 0 Å². The Balaban J connectivity index is 1.67. The van der Waals surface area contributed by atoms with Gasteiger partial charge in [0.2, 0.25) is 0 Å². The van der Waals surface area contributed by atoms with Gasteiger partial charge >= 0.3 is 0 Å². The average molecular weight is 518 g/mol. The summed E-state index contributed by atoms with van der Waals surface area (Å²) >= 11 is 8.51. The lowest BCUT2D eigenvalue weighted by molar-refractivity contribution is 0.0977. The van der Waals surface area contributed by atoms with E-state index in [1.165, 1.54) is 12.1 Å². The van der Waals surface area contributed by atoms with Crippen LogP contribution in [0, 0.1) is 13.8 Å². The van der Waals surface area contributed by atoms with Crippen LogP contribution in [0.4, 0.5) is 11.4 Å². The van der Waals surface area contributed by atoms with Crippen LogP contribution in [0.5, 0.6) is 0 Å². The molecule has 160 valence electrons. The zero-order valence-corrected chi connectivity index (χ0v) is 20.0. The Morgan fingerprint density at radius 3 is 2.13 bits per heavy atom. The third-order valence-corrected chi connectivity index (χ3v) is 6.75. The molecular formula is C22H20BrN3O3S2. The van der Waals surface area contributed by atoms with Crippen LogP contribution in [0.15, 0.2) is 76.1 Å². The number of benzene rings is 3. The Bertz CT molecular complexity index is 1220. The minimum atomic E-state index is -3.75. The molecule has 0 fully saturated rings. The van der Waals surface area contributed by atoms with Gasteiger partial charge in [0, 0.05) is 10.2 Å². The highest BCUT2D eigenvalue weighted by Gasteiger charge is 2.17. The Morgan fingerprint density at radius 2 is 1.52 bits per heavy atom. The second-order valence-electron chi connectivity index (χ2n) is 6.78. The standard InChI is InChI=1S/C22H20BrN3O3S2/c1-14-6-5-7-15(2)20(14)26-31(28,29)17-12-10-16(11-13-17)24-22(30)25-21(27)18-8-3-4-9-19(18)23/h3-13,26H,1-2H3,(H2,24,25,27,30). The van der Waals surface area contributed by atoms with Crippen molar-refractivity contribution in [1.29, 1.82) is 0 Å². The number of hydrogen-bond donors (Lipinski definition) is 3. The van der Waals surface area contributed by atoms with Crippen molar-refractivity contribution in [2.75, 3.05) is 10.0 Å². The summed E-state index contributed by atoms with van der Waals surface area (Å²) in [5, 5.41) is 5.58. The van der Waals surface area contributed by atoms with Gasteiger partial charge in [-0.3, -0.25) is 14.8 Å². The largest absolute Gasteiger partial charge is 0.332 e. The maximum Gasteiger partial charge on any atom is 0.261 e. The van der Waals surface area contributed by atoms with Crippen LogP contribution in [-0.2, 0) is 10.0 Å². The number of hydrogen-bond acceptors (Lipinski definition) is 4. The van der Waals surface area contributed by atoms with Gasteiger partial charge in [-0.05, 0) is 89.5 Å². The highest BCUT2D eigenvalue weighted by atomic mass is 79.9. The van der Waals surface area contributed by atoms with E-state index in [1.807, 2.05) is 38.1 Å². The summed E-state index contributed by atoms with van der Waals surface area (Å²) in [6.07, 6.45) is 0. The first-order chi connectivity index (χ1) is 14.7. The number of rotatable bonds is 5. The normalized spacial score (nSPS) is 10.9. The predicted molar refractivity (Wildman–Crippen MR) is 131 cm³/mol. The molecule has 0 unspecified atom stereocenters. The fourth-order valence-corrected chi connectivity index (χ4v) is 4.74. The molecule has 3 aromatic carbocycles. The van der Waals surface area contributed by atoms with Crippen LogP contribution >= 0.6 is 28.1 Å². The van der Waals surface area contributed by atoms with Crippen molar-refractivity contribution < 1.29 is 13.2 Å². The van der Waals surface area contributed by atoms with Gasteiger partial charge in [0.15, 0.2) is 5.11 Å². The van der Waals surface area contributed by atoms with Gasteiger partial charge in [0.25, 0.3) is 15.9 Å². The summed E-state index contributed by atoms with van der Waals surface area (Å²) in [5.41, 5.74) is 3.25. The van der Waals surface area contributed by atoms with Crippen molar-refractivity contribution in [2.45, 2.75) is 18.7 Å². The Kier molecular flexibility index (Phi) is 7.09. The van der Waals surface area contributed by atoms with Crippen LogP contribution in [0.3, 0.4) is 0 Å². The van der Waals surface area contributed by atoms with E-state index in [1.54, 1.807) is 30.3 Å². The van der Waals surface area contributed by atoms with Crippen LogP contribution in [0.2, 0.25) is 0 Å². The summed E-state index contributed by atoms with van der Waals surface area (Å²) in [5.74, 6) is -0.359. The number of amides is 1. The van der Waals surface area contributed by atoms with E-state index in [4.69, 9.17) is 12.2 Å². The zero-order chi connectivity index (χ0) is 22.6. The smallest absolute Gasteiger partial charge is 0.261 e. The molecule has 6 nitrogen and oxygen atoms in total. The zero-order valence-electron chi connectivity index (χ0n) is 16.8. The molecule has 0 radical (unpaired) electrons. The Morgan fingerprint density at radius 1 is 0.903 bits per heavy atom. The second-order valence-corrected chi connectivity index (χ2v) is 9.73. The molecule has 0 saturated heterocycles. The first kappa shape index (κ1) is 22.9. The lowest BCUT2D eigenvalue weighted by Crippen LogP contribution is -2.34. The molecule has 0 heterocycles. The first-order valence-corrected chi connectivity index (χ1v) is 11.9. The number of thiocarbonyl (C=S) groups is 1. The molecule has 3 N–H and O–H groups in total. The van der Waals surface area contributed by atoms with Crippen LogP contribution < -0.4 is 15.4 Å². The van der Waals surface area contributed by atoms with E-state index in [0.717, 1.165) is 11.1 Å². The monoisotopic (exact) mass is 517 g/mol. The summed E-state index contributed by atoms with van der Waals surface area (Å²) in [6.45, 7) is 3.70. The van der Waals surface area contributed by atoms with Crippen molar-refractivity contribution in [3.05, 3.63) is 87.9 Å². The molecule has 0 saturated carbocycles. The number of anilines is 2. The minimum Gasteiger partial charge on any atom is -0.332 e. The first-order valence-electron chi connectivity index (χ1n) is 9.23. The molecule has 3 rings (SSSR count). The summed E-state index contributed by atoms with van der Waals surface area (Å²) in [6, 6.07) is 18.7. The van der Waals surface area contributed by atoms with Crippen LogP contribution in [-0.4, -0.2) is 19.4 Å². The maximum absolute atomic E-state index is 12.8. The van der Waals surface area contributed by atoms with Crippen molar-refractivity contribution in [2.24, 2.45) is 0 Å².